The summed E-state index contributed by atoms with van der Waals surface area (Å²) < 4.78 is 6.02. The lowest BCUT2D eigenvalue weighted by atomic mass is 9.94. The number of ether oxygens (including phenoxy) is 1. The van der Waals surface area contributed by atoms with E-state index in [4.69, 9.17) is 4.74 Å². The Kier molecular flexibility index (Phi) is 6.07. The Hall–Kier alpha value is -1.06. The molecule has 0 bridgehead atoms. The van der Waals surface area contributed by atoms with Gasteiger partial charge in [0.1, 0.15) is 12.4 Å². The van der Waals surface area contributed by atoms with Gasteiger partial charge >= 0.3 is 0 Å². The molecule has 0 fully saturated rings. The number of nitrogens with zero attached hydrogens (tertiary/aromatic N) is 1. The molecule has 1 N–H and O–H groups in total. The van der Waals surface area contributed by atoms with E-state index < -0.39 is 0 Å². The van der Waals surface area contributed by atoms with Gasteiger partial charge in [0.05, 0.1) is 12.1 Å². The van der Waals surface area contributed by atoms with Crippen LogP contribution in [0.25, 0.3) is 0 Å². The van der Waals surface area contributed by atoms with Crippen molar-refractivity contribution >= 4 is 0 Å². The highest BCUT2D eigenvalue weighted by Gasteiger charge is 2.34. The molecule has 0 aliphatic carbocycles. The van der Waals surface area contributed by atoms with E-state index in [0.29, 0.717) is 18.1 Å². The normalized spacial score (nSPS) is 21.4. The largest absolute Gasteiger partial charge is 0.492 e. The standard InChI is InChI=1S/C18H30N2O/c1-5-6-9-12-20(14(2)3)16-13-21-17-11-8-7-10-15(17)18(16)19-4/h7-8,10-11,14,16,18-19H,5-6,9,12-13H2,1-4H3. The monoisotopic (exact) mass is 290 g/mol. The van der Waals surface area contributed by atoms with Crippen LogP contribution in [0.4, 0.5) is 0 Å². The summed E-state index contributed by atoms with van der Waals surface area (Å²) in [5.74, 6) is 1.03. The zero-order valence-corrected chi connectivity index (χ0v) is 13.9. The van der Waals surface area contributed by atoms with Gasteiger partial charge in [-0.3, -0.25) is 4.90 Å². The summed E-state index contributed by atoms with van der Waals surface area (Å²) >= 11 is 0. The number of likely N-dealkylation sites (N-methyl/N-ethyl adjacent to an activating group) is 1. The van der Waals surface area contributed by atoms with Crippen LogP contribution in [0.2, 0.25) is 0 Å². The highest BCUT2D eigenvalue weighted by Crippen LogP contribution is 2.34. The quantitative estimate of drug-likeness (QED) is 0.776. The zero-order valence-electron chi connectivity index (χ0n) is 13.9. The second kappa shape index (κ2) is 7.81. The SMILES string of the molecule is CCCCCN(C(C)C)C1COc2ccccc2C1NC. The number of fused-ring (bicyclic) bond motifs is 1. The van der Waals surface area contributed by atoms with E-state index in [0.717, 1.165) is 18.9 Å². The fourth-order valence-electron chi connectivity index (χ4n) is 3.33. The van der Waals surface area contributed by atoms with E-state index in [-0.39, 0.29) is 0 Å². The Morgan fingerprint density at radius 3 is 2.71 bits per heavy atom. The number of hydrogen-bond acceptors (Lipinski definition) is 3. The molecule has 0 saturated heterocycles. The molecule has 1 aliphatic heterocycles. The highest BCUT2D eigenvalue weighted by atomic mass is 16.5. The minimum Gasteiger partial charge on any atom is -0.492 e. The van der Waals surface area contributed by atoms with Gasteiger partial charge in [-0.15, -0.1) is 0 Å². The van der Waals surface area contributed by atoms with Crippen molar-refractivity contribution in [2.45, 2.75) is 58.2 Å². The fraction of sp³-hybridized carbons (Fsp3) is 0.667. The number of hydrogen-bond donors (Lipinski definition) is 1. The first-order chi connectivity index (χ1) is 10.2. The first kappa shape index (κ1) is 16.3. The molecule has 1 heterocycles. The summed E-state index contributed by atoms with van der Waals surface area (Å²) in [5, 5.41) is 3.51. The molecular weight excluding hydrogens is 260 g/mol. The summed E-state index contributed by atoms with van der Waals surface area (Å²) in [6.45, 7) is 8.77. The molecule has 0 aromatic heterocycles. The van der Waals surface area contributed by atoms with E-state index in [2.05, 4.69) is 56.2 Å². The maximum absolute atomic E-state index is 6.02. The van der Waals surface area contributed by atoms with Gasteiger partial charge < -0.3 is 10.1 Å². The van der Waals surface area contributed by atoms with Crippen molar-refractivity contribution in [3.8, 4) is 5.75 Å². The first-order valence-electron chi connectivity index (χ1n) is 8.33. The molecule has 1 aliphatic rings. The van der Waals surface area contributed by atoms with Crippen LogP contribution in [0, 0.1) is 0 Å². The van der Waals surface area contributed by atoms with E-state index >= 15 is 0 Å². The van der Waals surface area contributed by atoms with Crippen LogP contribution in [0.15, 0.2) is 24.3 Å². The van der Waals surface area contributed by atoms with Crippen LogP contribution in [0.5, 0.6) is 5.75 Å². The third kappa shape index (κ3) is 3.78. The average molecular weight is 290 g/mol. The summed E-state index contributed by atoms with van der Waals surface area (Å²) in [5.41, 5.74) is 1.29. The van der Waals surface area contributed by atoms with Crippen molar-refractivity contribution in [2.24, 2.45) is 0 Å². The molecule has 0 amide bonds. The predicted octanol–water partition coefficient (Wildman–Crippen LogP) is 3.61. The van der Waals surface area contributed by atoms with Gasteiger partial charge in [-0.1, -0.05) is 38.0 Å². The lowest BCUT2D eigenvalue weighted by molar-refractivity contribution is 0.0631. The second-order valence-electron chi connectivity index (χ2n) is 6.22. The van der Waals surface area contributed by atoms with Gasteiger partial charge in [-0.2, -0.15) is 0 Å². The van der Waals surface area contributed by atoms with Gasteiger partial charge in [0.15, 0.2) is 0 Å². The van der Waals surface area contributed by atoms with E-state index in [9.17, 15) is 0 Å². The number of nitrogens with one attached hydrogen (secondary N) is 1. The molecule has 2 unspecified atom stereocenters. The maximum Gasteiger partial charge on any atom is 0.124 e. The van der Waals surface area contributed by atoms with Crippen molar-refractivity contribution in [2.75, 3.05) is 20.2 Å². The third-order valence-corrected chi connectivity index (χ3v) is 4.47. The number of rotatable bonds is 7. The fourth-order valence-corrected chi connectivity index (χ4v) is 3.33. The molecule has 0 spiro atoms. The van der Waals surface area contributed by atoms with E-state index in [1.807, 2.05) is 6.07 Å². The van der Waals surface area contributed by atoms with Crippen LogP contribution < -0.4 is 10.1 Å². The zero-order chi connectivity index (χ0) is 15.2. The summed E-state index contributed by atoms with van der Waals surface area (Å²) in [7, 11) is 2.06. The lowest BCUT2D eigenvalue weighted by Gasteiger charge is -2.42. The molecule has 21 heavy (non-hydrogen) atoms. The summed E-state index contributed by atoms with van der Waals surface area (Å²) in [6.07, 6.45) is 3.84. The molecule has 0 radical (unpaired) electrons. The van der Waals surface area contributed by atoms with Gasteiger partial charge in [0.25, 0.3) is 0 Å². The van der Waals surface area contributed by atoms with Crippen molar-refractivity contribution in [3.05, 3.63) is 29.8 Å². The van der Waals surface area contributed by atoms with Crippen LogP contribution >= 0.6 is 0 Å². The molecule has 118 valence electrons. The van der Waals surface area contributed by atoms with Gasteiger partial charge in [-0.25, -0.2) is 0 Å². The molecule has 1 aromatic carbocycles. The molecule has 3 heteroatoms. The smallest absolute Gasteiger partial charge is 0.124 e. The van der Waals surface area contributed by atoms with Crippen LogP contribution in [0.1, 0.15) is 51.6 Å². The predicted molar refractivity (Wildman–Crippen MR) is 88.9 cm³/mol. The molecule has 1 aromatic rings. The third-order valence-electron chi connectivity index (χ3n) is 4.47. The average Bonchev–Trinajstić information content (AvgIpc) is 2.50. The maximum atomic E-state index is 6.02. The summed E-state index contributed by atoms with van der Waals surface area (Å²) in [4.78, 5) is 2.60. The Morgan fingerprint density at radius 2 is 2.05 bits per heavy atom. The van der Waals surface area contributed by atoms with Gasteiger partial charge in [0.2, 0.25) is 0 Å². The molecule has 2 atom stereocenters. The van der Waals surface area contributed by atoms with Crippen molar-refractivity contribution in [3.63, 3.8) is 0 Å². The van der Waals surface area contributed by atoms with Crippen molar-refractivity contribution in [1.29, 1.82) is 0 Å². The molecular formula is C18H30N2O. The minimum absolute atomic E-state index is 0.346. The lowest BCUT2D eigenvalue weighted by Crippen LogP contribution is -2.52. The van der Waals surface area contributed by atoms with Crippen molar-refractivity contribution < 1.29 is 4.74 Å². The number of unbranched alkanes of at least 4 members (excludes halogenated alkanes) is 2. The first-order valence-corrected chi connectivity index (χ1v) is 8.33. The van der Waals surface area contributed by atoms with Gasteiger partial charge in [-0.05, 0) is 39.9 Å². The minimum atomic E-state index is 0.346. The Balaban J connectivity index is 2.17. The molecule has 2 rings (SSSR count). The Bertz CT molecular complexity index is 433. The molecule has 3 nitrogen and oxygen atoms in total. The summed E-state index contributed by atoms with van der Waals surface area (Å²) in [6, 6.07) is 9.70. The molecule has 0 saturated carbocycles. The van der Waals surface area contributed by atoms with Crippen molar-refractivity contribution in [1.82, 2.24) is 10.2 Å². The highest BCUT2D eigenvalue weighted by molar-refractivity contribution is 5.38. The Labute approximate surface area is 129 Å². The topological polar surface area (TPSA) is 24.5 Å². The number of para-hydroxylation sites is 1. The van der Waals surface area contributed by atoms with Crippen LogP contribution in [-0.2, 0) is 0 Å². The second-order valence-corrected chi connectivity index (χ2v) is 6.22. The number of benzene rings is 1. The Morgan fingerprint density at radius 1 is 1.29 bits per heavy atom. The van der Waals surface area contributed by atoms with Crippen LogP contribution in [-0.4, -0.2) is 37.2 Å². The van der Waals surface area contributed by atoms with Gasteiger partial charge in [0, 0.05) is 11.6 Å². The van der Waals surface area contributed by atoms with E-state index in [1.165, 1.54) is 24.8 Å². The van der Waals surface area contributed by atoms with Crippen LogP contribution in [0.3, 0.4) is 0 Å². The van der Waals surface area contributed by atoms with E-state index in [1.54, 1.807) is 0 Å².